The molecule has 8 aromatic rings. The van der Waals surface area contributed by atoms with Gasteiger partial charge in [-0.1, -0.05) is 158 Å². The van der Waals surface area contributed by atoms with Crippen molar-refractivity contribution in [1.29, 1.82) is 0 Å². The van der Waals surface area contributed by atoms with Crippen molar-refractivity contribution >= 4 is 32.9 Å². The Morgan fingerprint density at radius 3 is 1.13 bits per heavy atom. The van der Waals surface area contributed by atoms with E-state index in [0.29, 0.717) is 0 Å². The van der Waals surface area contributed by atoms with Gasteiger partial charge in [-0.15, -0.1) is 0 Å². The molecule has 0 atom stereocenters. The van der Waals surface area contributed by atoms with Crippen LogP contribution in [0.4, 0.5) is 11.4 Å². The first-order valence-corrected chi connectivity index (χ1v) is 16.0. The minimum absolute atomic E-state index is 0.524. The van der Waals surface area contributed by atoms with E-state index in [9.17, 15) is 0 Å². The molecule has 8 aromatic carbocycles. The van der Waals surface area contributed by atoms with Crippen LogP contribution in [0.15, 0.2) is 170 Å². The third kappa shape index (κ3) is 3.29. The first kappa shape index (κ1) is 25.4. The Bertz CT molecular complexity index is 2310. The third-order valence-electron chi connectivity index (χ3n) is 10.3. The lowest BCUT2D eigenvalue weighted by Crippen LogP contribution is -2.33. The fraction of sp³-hybridized carbons (Fsp3) is 0.0222. The second kappa shape index (κ2) is 9.54. The fourth-order valence-corrected chi connectivity index (χ4v) is 8.41. The van der Waals surface area contributed by atoms with Crippen molar-refractivity contribution in [3.8, 4) is 33.4 Å². The lowest BCUT2D eigenvalue weighted by atomic mass is 9.63. The molecule has 1 heteroatoms. The molecule has 0 amide bonds. The smallest absolute Gasteiger partial charge is 0.0754 e. The number of hydrogen-bond acceptors (Lipinski definition) is 1. The highest BCUT2D eigenvalue weighted by atomic mass is 14.9. The van der Waals surface area contributed by atoms with Crippen molar-refractivity contribution in [1.82, 2.24) is 0 Å². The summed E-state index contributed by atoms with van der Waals surface area (Å²) in [7, 11) is 0. The highest BCUT2D eigenvalue weighted by Gasteiger charge is 2.51. The fourth-order valence-electron chi connectivity index (χ4n) is 8.41. The molecule has 1 N–H and O–H groups in total. The van der Waals surface area contributed by atoms with Crippen LogP contribution in [0.5, 0.6) is 0 Å². The molecule has 2 aliphatic rings. The lowest BCUT2D eigenvalue weighted by molar-refractivity contribution is 0.767. The Kier molecular flexibility index (Phi) is 5.27. The normalized spacial score (nSPS) is 13.6. The number of rotatable bonds is 2. The number of hydrogen-bond donors (Lipinski definition) is 1. The Hall–Kier alpha value is -5.92. The van der Waals surface area contributed by atoms with Crippen molar-refractivity contribution in [3.05, 3.63) is 192 Å². The molecular weight excluding hydrogens is 555 g/mol. The summed E-state index contributed by atoms with van der Waals surface area (Å²) in [5.41, 5.74) is 14.7. The second-order valence-corrected chi connectivity index (χ2v) is 12.5. The topological polar surface area (TPSA) is 12.0 Å². The number of anilines is 2. The molecule has 0 fully saturated rings. The quantitative estimate of drug-likeness (QED) is 0.213. The number of nitrogens with one attached hydrogen (secondary N) is 1. The van der Waals surface area contributed by atoms with Gasteiger partial charge in [0.05, 0.1) is 16.8 Å². The maximum atomic E-state index is 4.10. The summed E-state index contributed by atoms with van der Waals surface area (Å²) in [5.74, 6) is 0. The molecule has 214 valence electrons. The molecule has 10 rings (SSSR count). The Balaban J connectivity index is 1.44. The maximum absolute atomic E-state index is 4.10. The standard InChI is InChI=1S/C45H29N/c1-3-15-29(16-4-1)37-27-41-43(35-23-9-7-19-31(35)37)46-44-36-24-10-8-20-32(36)38(30-17-5-2-6-18-30)28-42(44)45(41)39-25-13-11-21-33(39)34-22-12-14-26-40(34)45/h1-28,46H. The molecule has 0 unspecified atom stereocenters. The van der Waals surface area contributed by atoms with Crippen LogP contribution in [0.3, 0.4) is 0 Å². The summed E-state index contributed by atoms with van der Waals surface area (Å²) in [4.78, 5) is 0. The SMILES string of the molecule is c1ccc(-c2cc3c(c4ccccc24)Nc2c(cc(-c4ccccc4)c4ccccc24)C32c3ccccc3-c3ccccc32)cc1. The van der Waals surface area contributed by atoms with Crippen molar-refractivity contribution in [2.24, 2.45) is 0 Å². The van der Waals surface area contributed by atoms with Crippen LogP contribution in [-0.2, 0) is 5.41 Å². The van der Waals surface area contributed by atoms with Gasteiger partial charge in [-0.3, -0.25) is 0 Å². The number of fused-ring (bicyclic) bond motifs is 13. The van der Waals surface area contributed by atoms with E-state index < -0.39 is 5.41 Å². The van der Waals surface area contributed by atoms with Crippen LogP contribution < -0.4 is 5.32 Å². The minimum atomic E-state index is -0.524. The molecule has 1 aliphatic carbocycles. The minimum Gasteiger partial charge on any atom is -0.354 e. The monoisotopic (exact) mass is 583 g/mol. The van der Waals surface area contributed by atoms with Crippen LogP contribution >= 0.6 is 0 Å². The predicted octanol–water partition coefficient (Wildman–Crippen LogP) is 11.7. The van der Waals surface area contributed by atoms with Gasteiger partial charge in [-0.2, -0.15) is 0 Å². The molecule has 1 heterocycles. The predicted molar refractivity (Wildman–Crippen MR) is 193 cm³/mol. The summed E-state index contributed by atoms with van der Waals surface area (Å²) in [5, 5.41) is 9.08. The second-order valence-electron chi connectivity index (χ2n) is 12.5. The van der Waals surface area contributed by atoms with Gasteiger partial charge in [0, 0.05) is 10.8 Å². The molecule has 0 saturated heterocycles. The van der Waals surface area contributed by atoms with Gasteiger partial charge in [0.25, 0.3) is 0 Å². The zero-order valence-corrected chi connectivity index (χ0v) is 25.2. The largest absolute Gasteiger partial charge is 0.354 e. The Morgan fingerprint density at radius 1 is 0.304 bits per heavy atom. The molecule has 0 aromatic heterocycles. The van der Waals surface area contributed by atoms with Gasteiger partial charge in [0.1, 0.15) is 0 Å². The zero-order valence-electron chi connectivity index (χ0n) is 25.2. The van der Waals surface area contributed by atoms with E-state index in [1.165, 1.54) is 88.6 Å². The van der Waals surface area contributed by atoms with E-state index in [1.807, 2.05) is 0 Å². The average molecular weight is 584 g/mol. The molecule has 0 bridgehead atoms. The zero-order chi connectivity index (χ0) is 30.2. The molecule has 0 saturated carbocycles. The van der Waals surface area contributed by atoms with Gasteiger partial charge >= 0.3 is 0 Å². The molecule has 1 aliphatic heterocycles. The summed E-state index contributed by atoms with van der Waals surface area (Å²) < 4.78 is 0. The first-order valence-electron chi connectivity index (χ1n) is 16.0. The molecule has 1 spiro atoms. The van der Waals surface area contributed by atoms with Crippen LogP contribution in [0.2, 0.25) is 0 Å². The van der Waals surface area contributed by atoms with Crippen LogP contribution in [0.25, 0.3) is 54.9 Å². The highest BCUT2D eigenvalue weighted by molar-refractivity contribution is 6.14. The number of benzene rings is 8. The summed E-state index contributed by atoms with van der Waals surface area (Å²) in [6, 6.07) is 62.6. The van der Waals surface area contributed by atoms with Gasteiger partial charge in [-0.25, -0.2) is 0 Å². The maximum Gasteiger partial charge on any atom is 0.0754 e. The molecule has 0 radical (unpaired) electrons. The van der Waals surface area contributed by atoms with E-state index in [-0.39, 0.29) is 0 Å². The van der Waals surface area contributed by atoms with Crippen molar-refractivity contribution in [3.63, 3.8) is 0 Å². The summed E-state index contributed by atoms with van der Waals surface area (Å²) in [6.45, 7) is 0. The van der Waals surface area contributed by atoms with E-state index >= 15 is 0 Å². The Labute approximate surface area is 268 Å². The van der Waals surface area contributed by atoms with Gasteiger partial charge in [0.2, 0.25) is 0 Å². The van der Waals surface area contributed by atoms with Crippen molar-refractivity contribution < 1.29 is 0 Å². The highest BCUT2D eigenvalue weighted by Crippen LogP contribution is 2.63. The third-order valence-corrected chi connectivity index (χ3v) is 10.3. The first-order chi connectivity index (χ1) is 22.8. The van der Waals surface area contributed by atoms with Crippen LogP contribution in [-0.4, -0.2) is 0 Å². The summed E-state index contributed by atoms with van der Waals surface area (Å²) >= 11 is 0. The summed E-state index contributed by atoms with van der Waals surface area (Å²) in [6.07, 6.45) is 0. The Morgan fingerprint density at radius 2 is 0.674 bits per heavy atom. The van der Waals surface area contributed by atoms with E-state index in [1.54, 1.807) is 0 Å². The van der Waals surface area contributed by atoms with E-state index in [0.717, 1.165) is 0 Å². The lowest BCUT2D eigenvalue weighted by Gasteiger charge is -2.42. The molecule has 46 heavy (non-hydrogen) atoms. The van der Waals surface area contributed by atoms with E-state index in [4.69, 9.17) is 0 Å². The molecular formula is C45H29N. The van der Waals surface area contributed by atoms with Crippen molar-refractivity contribution in [2.75, 3.05) is 5.32 Å². The van der Waals surface area contributed by atoms with Crippen molar-refractivity contribution in [2.45, 2.75) is 5.41 Å². The van der Waals surface area contributed by atoms with Gasteiger partial charge in [-0.05, 0) is 78.5 Å². The van der Waals surface area contributed by atoms with Crippen LogP contribution in [0.1, 0.15) is 22.3 Å². The average Bonchev–Trinajstić information content (AvgIpc) is 3.43. The molecule has 1 nitrogen and oxygen atoms in total. The van der Waals surface area contributed by atoms with E-state index in [2.05, 4.69) is 175 Å². The van der Waals surface area contributed by atoms with Gasteiger partial charge < -0.3 is 5.32 Å². The van der Waals surface area contributed by atoms with Crippen LogP contribution in [0, 0.1) is 0 Å². The van der Waals surface area contributed by atoms with Gasteiger partial charge in [0.15, 0.2) is 0 Å².